The van der Waals surface area contributed by atoms with Crippen molar-refractivity contribution in [3.8, 4) is 0 Å². The molecule has 14 heteroatoms. The summed E-state index contributed by atoms with van der Waals surface area (Å²) in [7, 11) is 0. The third-order valence-corrected chi connectivity index (χ3v) is 22.4. The molecule has 0 aliphatic carbocycles. The van der Waals surface area contributed by atoms with E-state index in [9.17, 15) is 45.6 Å². The molecule has 0 aromatic heterocycles. The molecule has 2 fully saturated rings. The minimum absolute atomic E-state index is 0.241. The number of carbonyl (C=O) groups excluding carboxylic acids is 1. The molecule has 107 heavy (non-hydrogen) atoms. The van der Waals surface area contributed by atoms with Gasteiger partial charge >= 0.3 is 0 Å². The van der Waals surface area contributed by atoms with Crippen molar-refractivity contribution in [2.24, 2.45) is 0 Å². The van der Waals surface area contributed by atoms with Crippen LogP contribution in [0.2, 0.25) is 0 Å². The van der Waals surface area contributed by atoms with E-state index in [0.717, 1.165) is 44.9 Å². The fraction of sp³-hybridized carbons (Fsp3) is 0.882. The monoisotopic (exact) mass is 1510 g/mol. The number of unbranched alkanes of at least 4 members (excludes halogenated alkanes) is 58. The Morgan fingerprint density at radius 2 is 0.626 bits per heavy atom. The number of carbonyl (C=O) groups is 1. The van der Waals surface area contributed by atoms with Gasteiger partial charge in [-0.2, -0.15) is 0 Å². The van der Waals surface area contributed by atoms with Crippen molar-refractivity contribution in [3.63, 3.8) is 0 Å². The zero-order valence-electron chi connectivity index (χ0n) is 69.4. The fourth-order valence-electron chi connectivity index (χ4n) is 15.2. The van der Waals surface area contributed by atoms with Crippen LogP contribution in [0.15, 0.2) is 60.8 Å². The van der Waals surface area contributed by atoms with E-state index >= 15 is 0 Å². The Labute approximate surface area is 657 Å². The molecule has 0 radical (unpaired) electrons. The number of rotatable bonds is 79. The molecule has 9 N–H and O–H groups in total. The predicted octanol–water partition coefficient (Wildman–Crippen LogP) is 22.7. The quantitative estimate of drug-likeness (QED) is 0.0204. The summed E-state index contributed by atoms with van der Waals surface area (Å²) in [6.07, 6.45) is 89.3. The van der Waals surface area contributed by atoms with Crippen LogP contribution in [0.5, 0.6) is 0 Å². The van der Waals surface area contributed by atoms with Crippen LogP contribution >= 0.6 is 0 Å². The maximum absolute atomic E-state index is 13.4. The van der Waals surface area contributed by atoms with Crippen LogP contribution in [0.25, 0.3) is 0 Å². The smallest absolute Gasteiger partial charge is 0.220 e. The number of ether oxygens (including phenoxy) is 4. The fourth-order valence-corrected chi connectivity index (χ4v) is 15.2. The normalized spacial score (nSPS) is 21.4. The van der Waals surface area contributed by atoms with Gasteiger partial charge < -0.3 is 65.1 Å². The van der Waals surface area contributed by atoms with Crippen molar-refractivity contribution < 1.29 is 64.6 Å². The van der Waals surface area contributed by atoms with Gasteiger partial charge in [-0.3, -0.25) is 4.79 Å². The van der Waals surface area contributed by atoms with E-state index in [1.165, 1.54) is 353 Å². The molecular formula is C93H173NO13. The van der Waals surface area contributed by atoms with Crippen LogP contribution < -0.4 is 5.32 Å². The standard InChI is InChI=1S/C93H173NO13/c1-3-5-7-9-11-13-15-17-19-21-23-25-27-29-31-33-35-37-38-39-40-41-42-43-44-45-47-49-51-53-55-57-59-61-63-65-67-69-71-73-75-77-85(98)94-81(80-104-92-90(103)88(101)91(84(79-96)106-92)107-93-89(102)87(100)86(99)83(78-95)105-93)82(97)76-74-72-70-68-66-64-62-60-58-56-54-52-50-48-46-36-34-32-30-28-26-24-22-20-18-16-14-12-10-8-6-4-2/h15,17,21,23,27,29,66,68,74,76,81-84,86-93,95-97,99-103H,3-14,16,18-20,22,24-26,28,30-65,67,69-73,75,77-80H2,1-2H3,(H,94,98)/b17-15-,23-21-,29-27-,68-66+,76-74+. The number of nitrogens with one attached hydrogen (secondary N) is 1. The lowest BCUT2D eigenvalue weighted by atomic mass is 9.97. The van der Waals surface area contributed by atoms with Gasteiger partial charge in [0.05, 0.1) is 32.0 Å². The summed E-state index contributed by atoms with van der Waals surface area (Å²) in [5, 5.41) is 87.9. The summed E-state index contributed by atoms with van der Waals surface area (Å²) in [5.74, 6) is -0.241. The predicted molar refractivity (Wildman–Crippen MR) is 447 cm³/mol. The Morgan fingerprint density at radius 1 is 0.336 bits per heavy atom. The summed E-state index contributed by atoms with van der Waals surface area (Å²) in [4.78, 5) is 13.4. The van der Waals surface area contributed by atoms with Gasteiger partial charge in [0, 0.05) is 6.42 Å². The molecule has 0 spiro atoms. The van der Waals surface area contributed by atoms with E-state index in [1.54, 1.807) is 6.08 Å². The van der Waals surface area contributed by atoms with Gasteiger partial charge in [0.1, 0.15) is 48.8 Å². The van der Waals surface area contributed by atoms with Crippen LogP contribution in [0.4, 0.5) is 0 Å². The third kappa shape index (κ3) is 58.2. The largest absolute Gasteiger partial charge is 0.394 e. The molecule has 0 bridgehead atoms. The average molecular weight is 1510 g/mol. The highest BCUT2D eigenvalue weighted by Crippen LogP contribution is 2.31. The summed E-state index contributed by atoms with van der Waals surface area (Å²) in [6.45, 7) is 2.84. The molecule has 2 rings (SSSR count). The number of hydrogen-bond donors (Lipinski definition) is 9. The number of allylic oxidation sites excluding steroid dienone is 9. The number of amides is 1. The van der Waals surface area contributed by atoms with E-state index in [1.807, 2.05) is 6.08 Å². The lowest BCUT2D eigenvalue weighted by molar-refractivity contribution is -0.359. The lowest BCUT2D eigenvalue weighted by Gasteiger charge is -2.46. The molecular weight excluding hydrogens is 1340 g/mol. The molecule has 12 unspecified atom stereocenters. The summed E-state index contributed by atoms with van der Waals surface area (Å²) in [5.41, 5.74) is 0. The molecule has 14 nitrogen and oxygen atoms in total. The molecule has 0 saturated carbocycles. The highest BCUT2D eigenvalue weighted by Gasteiger charge is 2.51. The average Bonchev–Trinajstić information content (AvgIpc) is 0.789. The number of aliphatic hydroxyl groups is 8. The lowest BCUT2D eigenvalue weighted by Crippen LogP contribution is -2.65. The Kier molecular flexibility index (Phi) is 71.9. The minimum atomic E-state index is -1.79. The molecule has 2 heterocycles. The zero-order valence-corrected chi connectivity index (χ0v) is 69.4. The first-order valence-electron chi connectivity index (χ1n) is 46.0. The van der Waals surface area contributed by atoms with Crippen molar-refractivity contribution >= 4 is 5.91 Å². The summed E-state index contributed by atoms with van der Waals surface area (Å²) >= 11 is 0. The first kappa shape index (κ1) is 101. The highest BCUT2D eigenvalue weighted by molar-refractivity contribution is 5.76. The first-order valence-corrected chi connectivity index (χ1v) is 46.0. The Hall–Kier alpha value is -2.31. The second kappa shape index (κ2) is 76.3. The second-order valence-corrected chi connectivity index (χ2v) is 32.4. The maximum Gasteiger partial charge on any atom is 0.220 e. The van der Waals surface area contributed by atoms with Gasteiger partial charge in [-0.15, -0.1) is 0 Å². The van der Waals surface area contributed by atoms with Gasteiger partial charge in [0.15, 0.2) is 12.6 Å². The van der Waals surface area contributed by atoms with E-state index in [2.05, 4.69) is 67.8 Å². The molecule has 2 aliphatic rings. The molecule has 2 saturated heterocycles. The van der Waals surface area contributed by atoms with E-state index in [0.29, 0.717) is 12.8 Å². The maximum atomic E-state index is 13.4. The Bertz CT molecular complexity index is 2030. The Morgan fingerprint density at radius 3 is 0.981 bits per heavy atom. The van der Waals surface area contributed by atoms with Gasteiger partial charge in [-0.25, -0.2) is 0 Å². The van der Waals surface area contributed by atoms with Gasteiger partial charge in [-0.1, -0.05) is 415 Å². The SMILES string of the molecule is CCCCCCC/C=C\C/C=C\C/C=C\CCCCCCCCCCCCCCCCCCCCCCCCCCCCC(=O)NC(COC1OC(CO)C(OC2OC(CO)C(O)C(O)C2O)C(O)C1O)C(O)/C=C/CC/C=C/CCCCCCCCCCCCCCCCCCCCCCCCCCCC. The van der Waals surface area contributed by atoms with Crippen molar-refractivity contribution in [1.82, 2.24) is 5.32 Å². The summed E-state index contributed by atoms with van der Waals surface area (Å²) < 4.78 is 23.0. The van der Waals surface area contributed by atoms with Crippen LogP contribution in [0.3, 0.4) is 0 Å². The van der Waals surface area contributed by atoms with Gasteiger partial charge in [0.25, 0.3) is 0 Å². The molecule has 0 aromatic rings. The molecule has 628 valence electrons. The van der Waals surface area contributed by atoms with Gasteiger partial charge in [0.2, 0.25) is 5.91 Å². The van der Waals surface area contributed by atoms with Crippen LogP contribution in [0, 0.1) is 0 Å². The van der Waals surface area contributed by atoms with E-state index < -0.39 is 86.8 Å². The second-order valence-electron chi connectivity index (χ2n) is 32.4. The first-order chi connectivity index (χ1) is 52.6. The van der Waals surface area contributed by atoms with Gasteiger partial charge in [-0.05, 0) is 70.6 Å². The third-order valence-electron chi connectivity index (χ3n) is 22.4. The van der Waals surface area contributed by atoms with Crippen molar-refractivity contribution in [2.45, 2.75) is 505 Å². The van der Waals surface area contributed by atoms with Crippen LogP contribution in [-0.2, 0) is 23.7 Å². The van der Waals surface area contributed by atoms with E-state index in [4.69, 9.17) is 18.9 Å². The minimum Gasteiger partial charge on any atom is -0.394 e. The zero-order chi connectivity index (χ0) is 77.2. The van der Waals surface area contributed by atoms with Crippen molar-refractivity contribution in [3.05, 3.63) is 60.8 Å². The summed E-state index contributed by atoms with van der Waals surface area (Å²) in [6, 6.07) is -0.934. The molecule has 1 amide bonds. The molecule has 0 aromatic carbocycles. The van der Waals surface area contributed by atoms with Crippen LogP contribution in [0.1, 0.15) is 431 Å². The van der Waals surface area contributed by atoms with E-state index in [-0.39, 0.29) is 18.9 Å². The Balaban J connectivity index is 1.56. The topological polar surface area (TPSA) is 228 Å². The van der Waals surface area contributed by atoms with Crippen molar-refractivity contribution in [2.75, 3.05) is 19.8 Å². The molecule has 2 aliphatic heterocycles. The molecule has 12 atom stereocenters. The number of hydrogen-bond acceptors (Lipinski definition) is 13. The van der Waals surface area contributed by atoms with Crippen LogP contribution in [-0.4, -0.2) is 140 Å². The highest BCUT2D eigenvalue weighted by atomic mass is 16.7. The van der Waals surface area contributed by atoms with Crippen molar-refractivity contribution in [1.29, 1.82) is 0 Å². The number of aliphatic hydroxyl groups excluding tert-OH is 8.